The molecule has 0 saturated carbocycles. The molecule has 4 rings (SSSR count). The second-order valence-electron chi connectivity index (χ2n) is 18.4. The van der Waals surface area contributed by atoms with Crippen molar-refractivity contribution < 1.29 is 62.3 Å². The predicted molar refractivity (Wildman–Crippen MR) is 235 cm³/mol. The van der Waals surface area contributed by atoms with Crippen LogP contribution in [0.15, 0.2) is 36.4 Å². The number of hydroxylamine groups is 2. The van der Waals surface area contributed by atoms with Crippen LogP contribution in [0, 0.1) is 23.2 Å². The topological polar surface area (TPSA) is 277 Å². The molecular formula is C46H65N7O13. The van der Waals surface area contributed by atoms with E-state index in [0.29, 0.717) is 11.5 Å². The van der Waals surface area contributed by atoms with Crippen LogP contribution in [-0.2, 0) is 68.8 Å². The fourth-order valence-electron chi connectivity index (χ4n) is 7.16. The van der Waals surface area contributed by atoms with Gasteiger partial charge in [-0.1, -0.05) is 65.0 Å². The number of nitrogens with zero attached hydrogens (tertiary/aromatic N) is 1. The molecule has 8 amide bonds. The standard InChI is InChI=1S/C46H65N7O13/c1-25(2)21-31-44(62)64-32(11-9-12-33(54)47-23-35(56)49-24-46(7,8)45(63)51-31)27(5)40-41(65-40)30-17-15-29(16-18-30)22-48-42(60)28(6)50-43(61)39(26(3)4)52-34(55)13-10-14-38(59)66-53-36(57)19-20-37(53)58/h9,12,15-18,25-28,31-32,39-41H,10-11,13-14,19-24H2,1-8H3,(H,47,54)(H,48,60)(H,49,56)(H,50,61)(H,51,63)(H,52,55)/b12-9+/t27-,28?,31-,32-,39-,40?,41+/m0/s1. The quantitative estimate of drug-likeness (QED) is 0.0735. The third-order valence-electron chi connectivity index (χ3n) is 11.4. The van der Waals surface area contributed by atoms with E-state index in [9.17, 15) is 47.9 Å². The maximum absolute atomic E-state index is 13.7. The number of benzene rings is 1. The molecule has 0 aromatic heterocycles. The van der Waals surface area contributed by atoms with E-state index in [-0.39, 0.29) is 88.1 Å². The van der Waals surface area contributed by atoms with E-state index >= 15 is 0 Å². The summed E-state index contributed by atoms with van der Waals surface area (Å²) in [4.78, 5) is 131. The Morgan fingerprint density at radius 3 is 2.18 bits per heavy atom. The van der Waals surface area contributed by atoms with Crippen molar-refractivity contribution in [2.24, 2.45) is 23.2 Å². The average molecular weight is 924 g/mol. The van der Waals surface area contributed by atoms with Crippen LogP contribution in [0.1, 0.15) is 118 Å². The number of esters is 1. The van der Waals surface area contributed by atoms with Crippen LogP contribution in [0.4, 0.5) is 0 Å². The first-order chi connectivity index (χ1) is 31.1. The summed E-state index contributed by atoms with van der Waals surface area (Å²) in [5.41, 5.74) is 0.541. The molecule has 2 unspecified atom stereocenters. The molecule has 66 heavy (non-hydrogen) atoms. The summed E-state index contributed by atoms with van der Waals surface area (Å²) in [6.07, 6.45) is 1.52. The zero-order valence-corrected chi connectivity index (χ0v) is 39.0. The van der Waals surface area contributed by atoms with Crippen LogP contribution in [0.2, 0.25) is 0 Å². The SMILES string of the molecule is CC(C)C[C@@H]1NC(=O)C(C)(C)CNC(=O)CNC(=O)/C=C/C[C@@H]([C@H](C)C2O[C@@H]2c2ccc(CNC(=O)C(C)NC(=O)[C@@H](NC(=O)CCCC(=O)ON3C(=O)CCC3=O)C(C)C)cc2)OC1=O. The molecule has 0 aliphatic carbocycles. The molecule has 0 radical (unpaired) electrons. The molecule has 0 spiro atoms. The fourth-order valence-corrected chi connectivity index (χ4v) is 7.16. The Hall–Kier alpha value is -6.18. The Morgan fingerprint density at radius 2 is 1.55 bits per heavy atom. The summed E-state index contributed by atoms with van der Waals surface area (Å²) in [6.45, 7) is 13.8. The molecule has 7 atom stereocenters. The van der Waals surface area contributed by atoms with Crippen LogP contribution in [-0.4, -0.2) is 108 Å². The van der Waals surface area contributed by atoms with Gasteiger partial charge < -0.3 is 46.2 Å². The summed E-state index contributed by atoms with van der Waals surface area (Å²) >= 11 is 0. The summed E-state index contributed by atoms with van der Waals surface area (Å²) < 4.78 is 12.2. The number of amides is 8. The van der Waals surface area contributed by atoms with E-state index in [2.05, 4.69) is 31.9 Å². The molecule has 6 N–H and O–H groups in total. The highest BCUT2D eigenvalue weighted by Gasteiger charge is 2.48. The van der Waals surface area contributed by atoms with Crippen molar-refractivity contribution >= 4 is 59.2 Å². The molecule has 2 fully saturated rings. The van der Waals surface area contributed by atoms with E-state index < -0.39 is 88.8 Å². The fraction of sp³-hybridized carbons (Fsp3) is 0.609. The van der Waals surface area contributed by atoms with E-state index in [1.54, 1.807) is 33.8 Å². The van der Waals surface area contributed by atoms with Crippen LogP contribution in [0.25, 0.3) is 0 Å². The van der Waals surface area contributed by atoms with Crippen LogP contribution >= 0.6 is 0 Å². The number of ether oxygens (including phenoxy) is 2. The van der Waals surface area contributed by atoms with Gasteiger partial charge in [-0.25, -0.2) is 9.59 Å². The Kier molecular flexibility index (Phi) is 18.9. The number of nitrogens with one attached hydrogen (secondary N) is 6. The third-order valence-corrected chi connectivity index (χ3v) is 11.4. The van der Waals surface area contributed by atoms with Gasteiger partial charge in [0.15, 0.2) is 0 Å². The van der Waals surface area contributed by atoms with Crippen molar-refractivity contribution in [3.05, 3.63) is 47.5 Å². The van der Waals surface area contributed by atoms with Crippen LogP contribution < -0.4 is 31.9 Å². The number of rotatable bonds is 17. The molecule has 3 aliphatic heterocycles. The predicted octanol–water partition coefficient (Wildman–Crippen LogP) is 1.46. The first-order valence-electron chi connectivity index (χ1n) is 22.5. The highest BCUT2D eigenvalue weighted by molar-refractivity contribution is 6.01. The number of hydrogen-bond donors (Lipinski definition) is 6. The van der Waals surface area contributed by atoms with Gasteiger partial charge in [0.2, 0.25) is 35.4 Å². The largest absolute Gasteiger partial charge is 0.460 e. The molecule has 20 nitrogen and oxygen atoms in total. The van der Waals surface area contributed by atoms with Crippen LogP contribution in [0.5, 0.6) is 0 Å². The molecule has 362 valence electrons. The number of carbonyl (C=O) groups is 10. The van der Waals surface area contributed by atoms with Crippen molar-refractivity contribution in [2.75, 3.05) is 13.1 Å². The van der Waals surface area contributed by atoms with Gasteiger partial charge in [0.25, 0.3) is 11.8 Å². The minimum Gasteiger partial charge on any atom is -0.460 e. The molecule has 1 aromatic rings. The van der Waals surface area contributed by atoms with E-state index in [1.807, 2.05) is 45.0 Å². The van der Waals surface area contributed by atoms with Crippen molar-refractivity contribution in [3.8, 4) is 0 Å². The first kappa shape index (κ1) is 52.4. The van der Waals surface area contributed by atoms with Crippen molar-refractivity contribution in [1.82, 2.24) is 37.0 Å². The van der Waals surface area contributed by atoms with Gasteiger partial charge in [0.1, 0.15) is 30.3 Å². The summed E-state index contributed by atoms with van der Waals surface area (Å²) in [7, 11) is 0. The highest BCUT2D eigenvalue weighted by Crippen LogP contribution is 2.45. The molecule has 0 bridgehead atoms. The number of hydrogen-bond acceptors (Lipinski definition) is 13. The number of cyclic esters (lactones) is 1. The van der Waals surface area contributed by atoms with E-state index in [1.165, 1.54) is 13.0 Å². The lowest BCUT2D eigenvalue weighted by atomic mass is 9.91. The zero-order valence-electron chi connectivity index (χ0n) is 39.0. The molecule has 20 heteroatoms. The van der Waals surface area contributed by atoms with Gasteiger partial charge >= 0.3 is 11.9 Å². The zero-order chi connectivity index (χ0) is 48.9. The number of carbonyl (C=O) groups excluding carboxylic acids is 10. The minimum absolute atomic E-state index is 0.0176. The normalized spacial score (nSPS) is 23.4. The van der Waals surface area contributed by atoms with E-state index in [4.69, 9.17) is 14.3 Å². The van der Waals surface area contributed by atoms with Gasteiger partial charge in [-0.2, -0.15) is 0 Å². The Balaban J connectivity index is 1.29. The lowest BCUT2D eigenvalue weighted by Crippen LogP contribution is -2.54. The van der Waals surface area contributed by atoms with Gasteiger partial charge in [0, 0.05) is 51.1 Å². The van der Waals surface area contributed by atoms with Crippen molar-refractivity contribution in [3.63, 3.8) is 0 Å². The summed E-state index contributed by atoms with van der Waals surface area (Å²) in [5, 5.41) is 16.5. The first-order valence-corrected chi connectivity index (χ1v) is 22.5. The molecular weight excluding hydrogens is 859 g/mol. The molecule has 3 heterocycles. The highest BCUT2D eigenvalue weighted by atomic mass is 16.7. The third kappa shape index (κ3) is 15.8. The molecule has 3 aliphatic rings. The number of imide groups is 1. The van der Waals surface area contributed by atoms with Crippen molar-refractivity contribution in [2.45, 2.75) is 143 Å². The monoisotopic (exact) mass is 923 g/mol. The maximum atomic E-state index is 13.7. The molecule has 2 saturated heterocycles. The Bertz CT molecular complexity index is 2000. The summed E-state index contributed by atoms with van der Waals surface area (Å²) in [5.74, 6) is -6.28. The smallest absolute Gasteiger partial charge is 0.333 e. The van der Waals surface area contributed by atoms with Gasteiger partial charge in [0.05, 0.1) is 18.1 Å². The average Bonchev–Trinajstić information content (AvgIpc) is 4.00. The van der Waals surface area contributed by atoms with Crippen LogP contribution in [0.3, 0.4) is 0 Å². The lowest BCUT2D eigenvalue weighted by Gasteiger charge is -2.29. The van der Waals surface area contributed by atoms with Gasteiger partial charge in [-0.3, -0.25) is 38.4 Å². The van der Waals surface area contributed by atoms with Gasteiger partial charge in [-0.15, -0.1) is 5.06 Å². The van der Waals surface area contributed by atoms with E-state index in [0.717, 1.165) is 11.1 Å². The Labute approximate surface area is 384 Å². The number of epoxide rings is 1. The second-order valence-corrected chi connectivity index (χ2v) is 18.4. The minimum atomic E-state index is -1.07. The maximum Gasteiger partial charge on any atom is 0.333 e. The molecule has 1 aromatic carbocycles. The summed E-state index contributed by atoms with van der Waals surface area (Å²) in [6, 6.07) is 4.49. The lowest BCUT2D eigenvalue weighted by molar-refractivity contribution is -0.197. The van der Waals surface area contributed by atoms with Crippen molar-refractivity contribution in [1.29, 1.82) is 0 Å². The Morgan fingerprint density at radius 1 is 0.879 bits per heavy atom. The van der Waals surface area contributed by atoms with Gasteiger partial charge in [-0.05, 0) is 62.7 Å². The second kappa shape index (κ2) is 23.8.